The Hall–Kier alpha value is -2.10. The summed E-state index contributed by atoms with van der Waals surface area (Å²) in [5.41, 5.74) is 0.889. The maximum atomic E-state index is 11.2. The predicted octanol–water partition coefficient (Wildman–Crippen LogP) is 1.85. The van der Waals surface area contributed by atoms with E-state index in [9.17, 15) is 9.59 Å². The minimum absolute atomic E-state index is 0.181. The van der Waals surface area contributed by atoms with E-state index in [0.717, 1.165) is 5.56 Å². The van der Waals surface area contributed by atoms with Crippen molar-refractivity contribution in [1.82, 2.24) is 0 Å². The van der Waals surface area contributed by atoms with Gasteiger partial charge in [-0.15, -0.1) is 0 Å². The molecule has 17 heavy (non-hydrogen) atoms. The molecular weight excluding hydrogens is 220 g/mol. The Bertz CT molecular complexity index is 395. The maximum Gasteiger partial charge on any atom is 0.344 e. The first kappa shape index (κ1) is 13.0. The number of carbonyl (C=O) groups excluding carboxylic acids is 2. The predicted molar refractivity (Wildman–Crippen MR) is 62.0 cm³/mol. The Morgan fingerprint density at radius 3 is 2.53 bits per heavy atom. The van der Waals surface area contributed by atoms with Crippen molar-refractivity contribution in [3.05, 3.63) is 48.0 Å². The van der Waals surface area contributed by atoms with Gasteiger partial charge in [0.15, 0.2) is 6.61 Å². The fraction of sp³-hybridized carbons (Fsp3) is 0.231. The molecule has 1 rings (SSSR count). The van der Waals surface area contributed by atoms with Crippen molar-refractivity contribution < 1.29 is 19.1 Å². The van der Waals surface area contributed by atoms with Crippen molar-refractivity contribution in [3.8, 4) is 0 Å². The van der Waals surface area contributed by atoms with Gasteiger partial charge in [0.1, 0.15) is 6.61 Å². The van der Waals surface area contributed by atoms with Gasteiger partial charge in [-0.1, -0.05) is 36.4 Å². The smallest absolute Gasteiger partial charge is 0.344 e. The second-order valence-electron chi connectivity index (χ2n) is 3.25. The lowest BCUT2D eigenvalue weighted by molar-refractivity contribution is -0.157. The van der Waals surface area contributed by atoms with Crippen molar-refractivity contribution in [2.24, 2.45) is 0 Å². The van der Waals surface area contributed by atoms with Crippen molar-refractivity contribution in [2.45, 2.75) is 13.5 Å². The number of ether oxygens (including phenoxy) is 2. The molecule has 1 aromatic carbocycles. The SMILES string of the molecule is C/C=C/C(=O)OCC(=O)OCc1ccccc1. The lowest BCUT2D eigenvalue weighted by Crippen LogP contribution is -2.15. The van der Waals surface area contributed by atoms with Crippen molar-refractivity contribution in [1.29, 1.82) is 0 Å². The summed E-state index contributed by atoms with van der Waals surface area (Å²) in [7, 11) is 0. The van der Waals surface area contributed by atoms with E-state index in [1.54, 1.807) is 6.92 Å². The molecule has 0 bridgehead atoms. The van der Waals surface area contributed by atoms with E-state index in [-0.39, 0.29) is 13.2 Å². The number of esters is 2. The maximum absolute atomic E-state index is 11.2. The third kappa shape index (κ3) is 5.51. The number of carbonyl (C=O) groups is 2. The quantitative estimate of drug-likeness (QED) is 0.576. The monoisotopic (exact) mass is 234 g/mol. The first-order valence-electron chi connectivity index (χ1n) is 5.21. The largest absolute Gasteiger partial charge is 0.458 e. The Morgan fingerprint density at radius 2 is 1.88 bits per heavy atom. The van der Waals surface area contributed by atoms with Crippen LogP contribution >= 0.6 is 0 Å². The highest BCUT2D eigenvalue weighted by molar-refractivity contribution is 5.84. The summed E-state index contributed by atoms with van der Waals surface area (Å²) in [5.74, 6) is -1.11. The average Bonchev–Trinajstić information content (AvgIpc) is 2.35. The van der Waals surface area contributed by atoms with Gasteiger partial charge in [-0.25, -0.2) is 9.59 Å². The Kier molecular flexibility index (Phi) is 5.51. The molecule has 0 aromatic heterocycles. The second-order valence-corrected chi connectivity index (χ2v) is 3.25. The molecule has 1 aromatic rings. The van der Waals surface area contributed by atoms with E-state index in [4.69, 9.17) is 4.74 Å². The summed E-state index contributed by atoms with van der Waals surface area (Å²) >= 11 is 0. The highest BCUT2D eigenvalue weighted by Crippen LogP contribution is 2.00. The number of hydrogen-bond donors (Lipinski definition) is 0. The Labute approximate surface area is 99.8 Å². The molecule has 0 spiro atoms. The van der Waals surface area contributed by atoms with E-state index < -0.39 is 11.9 Å². The van der Waals surface area contributed by atoms with Gasteiger partial charge < -0.3 is 9.47 Å². The van der Waals surface area contributed by atoms with E-state index in [0.29, 0.717) is 0 Å². The van der Waals surface area contributed by atoms with E-state index in [1.165, 1.54) is 12.2 Å². The van der Waals surface area contributed by atoms with Crippen LogP contribution in [0.25, 0.3) is 0 Å². The molecule has 0 saturated heterocycles. The van der Waals surface area contributed by atoms with Crippen LogP contribution in [0.5, 0.6) is 0 Å². The van der Waals surface area contributed by atoms with Gasteiger partial charge in [0.25, 0.3) is 0 Å². The van der Waals surface area contributed by atoms with Crippen LogP contribution in [0, 0.1) is 0 Å². The molecule has 0 saturated carbocycles. The molecule has 0 N–H and O–H groups in total. The van der Waals surface area contributed by atoms with Gasteiger partial charge in [0.05, 0.1) is 0 Å². The molecular formula is C13H14O4. The van der Waals surface area contributed by atoms with Crippen LogP contribution in [0.3, 0.4) is 0 Å². The van der Waals surface area contributed by atoms with Crippen LogP contribution in [-0.4, -0.2) is 18.5 Å². The molecule has 0 unspecified atom stereocenters. The fourth-order valence-electron chi connectivity index (χ4n) is 1.09. The molecule has 0 atom stereocenters. The number of rotatable bonds is 5. The zero-order valence-corrected chi connectivity index (χ0v) is 9.59. The number of hydrogen-bond acceptors (Lipinski definition) is 4. The van der Waals surface area contributed by atoms with Crippen LogP contribution in [0.1, 0.15) is 12.5 Å². The highest BCUT2D eigenvalue weighted by Gasteiger charge is 2.06. The summed E-state index contributed by atoms with van der Waals surface area (Å²) in [4.78, 5) is 22.1. The molecule has 0 aliphatic heterocycles. The molecule has 0 aliphatic rings. The van der Waals surface area contributed by atoms with Crippen LogP contribution in [0.2, 0.25) is 0 Å². The zero-order chi connectivity index (χ0) is 12.5. The average molecular weight is 234 g/mol. The van der Waals surface area contributed by atoms with Gasteiger partial charge in [-0.2, -0.15) is 0 Å². The minimum Gasteiger partial charge on any atom is -0.458 e. The fourth-order valence-corrected chi connectivity index (χ4v) is 1.09. The van der Waals surface area contributed by atoms with E-state index >= 15 is 0 Å². The molecule has 90 valence electrons. The zero-order valence-electron chi connectivity index (χ0n) is 9.59. The Balaban J connectivity index is 2.24. The highest BCUT2D eigenvalue weighted by atomic mass is 16.6. The summed E-state index contributed by atoms with van der Waals surface area (Å²) in [6.45, 7) is 1.51. The third-order valence-corrected chi connectivity index (χ3v) is 1.88. The molecule has 0 heterocycles. The van der Waals surface area contributed by atoms with E-state index in [2.05, 4.69) is 4.74 Å². The second kappa shape index (κ2) is 7.22. The normalized spacial score (nSPS) is 10.2. The van der Waals surface area contributed by atoms with Crippen LogP contribution < -0.4 is 0 Å². The van der Waals surface area contributed by atoms with Gasteiger partial charge in [-0.3, -0.25) is 0 Å². The van der Waals surface area contributed by atoms with Crippen molar-refractivity contribution in [3.63, 3.8) is 0 Å². The molecule has 0 amide bonds. The summed E-state index contributed by atoms with van der Waals surface area (Å²) in [5, 5.41) is 0. The van der Waals surface area contributed by atoms with Crippen molar-refractivity contribution in [2.75, 3.05) is 6.61 Å². The summed E-state index contributed by atoms with van der Waals surface area (Å²) in [6, 6.07) is 9.28. The van der Waals surface area contributed by atoms with E-state index in [1.807, 2.05) is 30.3 Å². The number of allylic oxidation sites excluding steroid dienone is 1. The topological polar surface area (TPSA) is 52.6 Å². The van der Waals surface area contributed by atoms with Crippen LogP contribution in [0.4, 0.5) is 0 Å². The molecule has 4 nitrogen and oxygen atoms in total. The standard InChI is InChI=1S/C13H14O4/c1-2-6-12(14)17-10-13(15)16-9-11-7-4-3-5-8-11/h2-8H,9-10H2,1H3/b6-2+. The van der Waals surface area contributed by atoms with Crippen LogP contribution in [-0.2, 0) is 25.7 Å². The summed E-state index contributed by atoms with van der Waals surface area (Å²) < 4.78 is 9.55. The number of benzene rings is 1. The third-order valence-electron chi connectivity index (χ3n) is 1.88. The van der Waals surface area contributed by atoms with Crippen LogP contribution in [0.15, 0.2) is 42.5 Å². The van der Waals surface area contributed by atoms with Gasteiger partial charge in [-0.05, 0) is 12.5 Å². The molecule has 4 heteroatoms. The Morgan fingerprint density at radius 1 is 1.18 bits per heavy atom. The van der Waals surface area contributed by atoms with Gasteiger partial charge in [0.2, 0.25) is 0 Å². The first-order valence-corrected chi connectivity index (χ1v) is 5.21. The van der Waals surface area contributed by atoms with Crippen molar-refractivity contribution >= 4 is 11.9 Å². The minimum atomic E-state index is -0.563. The molecule has 0 aliphatic carbocycles. The summed E-state index contributed by atoms with van der Waals surface area (Å²) in [6.07, 6.45) is 2.78. The lowest BCUT2D eigenvalue weighted by Gasteiger charge is -2.04. The van der Waals surface area contributed by atoms with Gasteiger partial charge >= 0.3 is 11.9 Å². The lowest BCUT2D eigenvalue weighted by atomic mass is 10.2. The van der Waals surface area contributed by atoms with Gasteiger partial charge in [0, 0.05) is 6.08 Å². The molecule has 0 fully saturated rings. The molecule has 0 radical (unpaired) electrons. The first-order chi connectivity index (χ1) is 8.22.